The van der Waals surface area contributed by atoms with Crippen molar-refractivity contribution in [2.75, 3.05) is 5.32 Å². The molecule has 0 unspecified atom stereocenters. The molecule has 1 N–H and O–H groups in total. The number of nitrogens with one attached hydrogen (secondary N) is 1. The lowest BCUT2D eigenvalue weighted by Gasteiger charge is -2.08. The van der Waals surface area contributed by atoms with Crippen molar-refractivity contribution >= 4 is 22.5 Å². The predicted molar refractivity (Wildman–Crippen MR) is 86.2 cm³/mol. The number of aromatic nitrogens is 1. The molecule has 6 heteroatoms. The molecule has 1 aromatic heterocycles. The summed E-state index contributed by atoms with van der Waals surface area (Å²) in [5.74, 6) is -4.63. The molecule has 0 atom stereocenters. The number of halogens is 3. The molecular weight excluding hydrogens is 317 g/mol. The first kappa shape index (κ1) is 16.1. The molecule has 2 aromatic carbocycles. The van der Waals surface area contributed by atoms with Crippen molar-refractivity contribution in [2.45, 2.75) is 19.9 Å². The van der Waals surface area contributed by atoms with Gasteiger partial charge >= 0.3 is 0 Å². The monoisotopic (exact) mass is 332 g/mol. The van der Waals surface area contributed by atoms with E-state index in [1.54, 1.807) is 0 Å². The van der Waals surface area contributed by atoms with Gasteiger partial charge in [0.15, 0.2) is 17.5 Å². The van der Waals surface area contributed by atoms with E-state index >= 15 is 0 Å². The van der Waals surface area contributed by atoms with Gasteiger partial charge in [-0.15, -0.1) is 0 Å². The maximum Gasteiger partial charge on any atom is 0.226 e. The van der Waals surface area contributed by atoms with E-state index < -0.39 is 23.4 Å². The maximum absolute atomic E-state index is 13.1. The lowest BCUT2D eigenvalue weighted by atomic mass is 10.2. The van der Waals surface area contributed by atoms with Crippen LogP contribution in [0.2, 0.25) is 0 Å². The molecule has 0 aliphatic carbocycles. The van der Waals surface area contributed by atoms with Crippen molar-refractivity contribution in [2.24, 2.45) is 0 Å². The summed E-state index contributed by atoms with van der Waals surface area (Å²) in [6.45, 7) is 2.43. The zero-order chi connectivity index (χ0) is 17.3. The van der Waals surface area contributed by atoms with Crippen LogP contribution in [0.4, 0.5) is 18.9 Å². The Hall–Kier alpha value is -2.76. The Morgan fingerprint density at radius 2 is 1.79 bits per heavy atom. The zero-order valence-corrected chi connectivity index (χ0v) is 12.9. The van der Waals surface area contributed by atoms with Gasteiger partial charge in [-0.25, -0.2) is 13.2 Å². The first-order valence-electron chi connectivity index (χ1n) is 7.44. The van der Waals surface area contributed by atoms with Gasteiger partial charge in [0.25, 0.3) is 0 Å². The number of anilines is 1. The highest BCUT2D eigenvalue weighted by Crippen LogP contribution is 2.19. The molecule has 0 aliphatic rings. The van der Waals surface area contributed by atoms with E-state index in [0.29, 0.717) is 6.54 Å². The first-order valence-corrected chi connectivity index (χ1v) is 7.44. The fourth-order valence-corrected chi connectivity index (χ4v) is 2.59. The topological polar surface area (TPSA) is 34.0 Å². The molecule has 0 saturated carbocycles. The molecule has 0 bridgehead atoms. The van der Waals surface area contributed by atoms with Crippen LogP contribution in [0.5, 0.6) is 0 Å². The van der Waals surface area contributed by atoms with Crippen LogP contribution in [0, 0.1) is 24.4 Å². The van der Waals surface area contributed by atoms with Gasteiger partial charge in [0, 0.05) is 42.5 Å². The quantitative estimate of drug-likeness (QED) is 0.706. The van der Waals surface area contributed by atoms with E-state index in [2.05, 4.69) is 11.4 Å². The summed E-state index contributed by atoms with van der Waals surface area (Å²) in [5.41, 5.74) is 2.05. The molecule has 3 aromatic rings. The Balaban J connectivity index is 1.67. The van der Waals surface area contributed by atoms with Crippen molar-refractivity contribution in [1.29, 1.82) is 0 Å². The average Bonchev–Trinajstić information content (AvgIpc) is 2.92. The maximum atomic E-state index is 13.1. The van der Waals surface area contributed by atoms with E-state index in [4.69, 9.17) is 0 Å². The number of hydrogen-bond donors (Lipinski definition) is 1. The van der Waals surface area contributed by atoms with Crippen LogP contribution in [0.25, 0.3) is 10.9 Å². The van der Waals surface area contributed by atoms with Gasteiger partial charge in [0.1, 0.15) is 0 Å². The van der Waals surface area contributed by atoms with Crippen molar-refractivity contribution in [3.8, 4) is 0 Å². The molecule has 1 amide bonds. The Morgan fingerprint density at radius 1 is 1.08 bits per heavy atom. The molecule has 0 radical (unpaired) electrons. The standard InChI is InChI=1S/C18H15F3N2O/c1-11-2-3-16-12(8-11)4-6-23(16)7-5-17(24)22-13-9-14(19)18(21)15(20)10-13/h2-4,6,8-10H,5,7H2,1H3,(H,22,24). The molecule has 1 heterocycles. The third-order valence-corrected chi connectivity index (χ3v) is 3.77. The molecule has 124 valence electrons. The molecule has 0 spiro atoms. The van der Waals surface area contributed by atoms with E-state index in [-0.39, 0.29) is 12.1 Å². The van der Waals surface area contributed by atoms with Gasteiger partial charge < -0.3 is 9.88 Å². The molecule has 3 rings (SSSR count). The number of carbonyl (C=O) groups excluding carboxylic acids is 1. The second kappa shape index (κ2) is 6.39. The van der Waals surface area contributed by atoms with E-state index in [9.17, 15) is 18.0 Å². The summed E-state index contributed by atoms with van der Waals surface area (Å²) in [5, 5.41) is 3.45. The number of amides is 1. The Kier molecular flexibility index (Phi) is 4.29. The van der Waals surface area contributed by atoms with Gasteiger partial charge in [0.05, 0.1) is 0 Å². The van der Waals surface area contributed by atoms with Crippen LogP contribution in [-0.4, -0.2) is 10.5 Å². The summed E-state index contributed by atoms with van der Waals surface area (Å²) >= 11 is 0. The summed E-state index contributed by atoms with van der Waals surface area (Å²) in [6, 6.07) is 9.49. The van der Waals surface area contributed by atoms with Crippen LogP contribution in [0.3, 0.4) is 0 Å². The number of aryl methyl sites for hydroxylation is 2. The summed E-state index contributed by atoms with van der Waals surface area (Å²) < 4.78 is 41.1. The van der Waals surface area contributed by atoms with Gasteiger partial charge in [0.2, 0.25) is 5.91 Å². The fraction of sp³-hybridized carbons (Fsp3) is 0.167. The molecular formula is C18H15F3N2O. The fourth-order valence-electron chi connectivity index (χ4n) is 2.59. The molecule has 24 heavy (non-hydrogen) atoms. The summed E-state index contributed by atoms with van der Waals surface area (Å²) in [7, 11) is 0. The van der Waals surface area contributed by atoms with Crippen LogP contribution in [0.1, 0.15) is 12.0 Å². The van der Waals surface area contributed by atoms with Crippen molar-refractivity contribution in [1.82, 2.24) is 4.57 Å². The number of nitrogens with zero attached hydrogens (tertiary/aromatic N) is 1. The third kappa shape index (κ3) is 3.27. The number of carbonyl (C=O) groups is 1. The minimum Gasteiger partial charge on any atom is -0.347 e. The van der Waals surface area contributed by atoms with Gasteiger partial charge in [-0.1, -0.05) is 11.6 Å². The van der Waals surface area contributed by atoms with Crippen LogP contribution < -0.4 is 5.32 Å². The van der Waals surface area contributed by atoms with Crippen LogP contribution >= 0.6 is 0 Å². The van der Waals surface area contributed by atoms with Gasteiger partial charge in [-0.3, -0.25) is 4.79 Å². The first-order chi connectivity index (χ1) is 11.4. The number of benzene rings is 2. The molecule has 0 fully saturated rings. The number of fused-ring (bicyclic) bond motifs is 1. The Bertz CT molecular complexity index is 895. The second-order valence-electron chi connectivity index (χ2n) is 5.62. The van der Waals surface area contributed by atoms with E-state index in [1.165, 1.54) is 0 Å². The predicted octanol–water partition coefficient (Wildman–Crippen LogP) is 4.40. The summed E-state index contributed by atoms with van der Waals surface area (Å²) in [4.78, 5) is 11.9. The molecule has 0 aliphatic heterocycles. The minimum atomic E-state index is -1.55. The molecule has 3 nitrogen and oxygen atoms in total. The largest absolute Gasteiger partial charge is 0.347 e. The van der Waals surface area contributed by atoms with Gasteiger partial charge in [-0.05, 0) is 30.5 Å². The normalized spacial score (nSPS) is 11.0. The lowest BCUT2D eigenvalue weighted by Crippen LogP contribution is -2.14. The Labute approximate surface area is 136 Å². The Morgan fingerprint density at radius 3 is 2.50 bits per heavy atom. The van der Waals surface area contributed by atoms with E-state index in [1.807, 2.05) is 35.9 Å². The van der Waals surface area contributed by atoms with Crippen LogP contribution in [0.15, 0.2) is 42.6 Å². The van der Waals surface area contributed by atoms with Crippen molar-refractivity contribution < 1.29 is 18.0 Å². The SMILES string of the molecule is Cc1ccc2c(ccn2CCC(=O)Nc2cc(F)c(F)c(F)c2)c1. The average molecular weight is 332 g/mol. The van der Waals surface area contributed by atoms with Crippen LogP contribution in [-0.2, 0) is 11.3 Å². The van der Waals surface area contributed by atoms with Gasteiger partial charge in [-0.2, -0.15) is 0 Å². The minimum absolute atomic E-state index is 0.107. The van der Waals surface area contributed by atoms with Crippen molar-refractivity contribution in [3.63, 3.8) is 0 Å². The zero-order valence-electron chi connectivity index (χ0n) is 12.9. The van der Waals surface area contributed by atoms with E-state index in [0.717, 1.165) is 28.6 Å². The lowest BCUT2D eigenvalue weighted by molar-refractivity contribution is -0.116. The third-order valence-electron chi connectivity index (χ3n) is 3.77. The molecule has 0 saturated heterocycles. The smallest absolute Gasteiger partial charge is 0.226 e. The highest BCUT2D eigenvalue weighted by Gasteiger charge is 2.12. The highest BCUT2D eigenvalue weighted by molar-refractivity contribution is 5.90. The van der Waals surface area contributed by atoms with Crippen molar-refractivity contribution in [3.05, 3.63) is 65.6 Å². The highest BCUT2D eigenvalue weighted by atomic mass is 19.2. The second-order valence-corrected chi connectivity index (χ2v) is 5.62. The number of hydrogen-bond acceptors (Lipinski definition) is 1. The summed E-state index contributed by atoms with van der Waals surface area (Å²) in [6.07, 6.45) is 2.01. The number of rotatable bonds is 4.